The molecule has 130 valence electrons. The number of allylic oxidation sites excluding steroid dienone is 6. The fraction of sp³-hybridized carbons (Fsp3) is 0.182. The van der Waals surface area contributed by atoms with Crippen molar-refractivity contribution >= 4 is 11.4 Å². The molecule has 4 heteroatoms. The van der Waals surface area contributed by atoms with Crippen molar-refractivity contribution in [2.45, 2.75) is 26.2 Å². The van der Waals surface area contributed by atoms with Crippen LogP contribution >= 0.6 is 0 Å². The Labute approximate surface area is 154 Å². The Morgan fingerprint density at radius 2 is 1.15 bits per heavy atom. The molecule has 1 aromatic carbocycles. The Balaban J connectivity index is 1.47. The number of anilines is 2. The fourth-order valence-corrected chi connectivity index (χ4v) is 4.00. The van der Waals surface area contributed by atoms with Crippen LogP contribution < -0.4 is 9.80 Å². The van der Waals surface area contributed by atoms with Crippen molar-refractivity contribution in [3.63, 3.8) is 0 Å². The van der Waals surface area contributed by atoms with E-state index in [2.05, 4.69) is 119 Å². The topological polar surface area (TPSA) is 13.0 Å². The molecule has 0 unspecified atom stereocenters. The molecule has 2 atom stereocenters. The molecule has 0 aromatic heterocycles. The molecule has 4 heterocycles. The van der Waals surface area contributed by atoms with Gasteiger partial charge in [0, 0.05) is 36.2 Å². The van der Waals surface area contributed by atoms with Crippen LogP contribution in [0.5, 0.6) is 0 Å². The summed E-state index contributed by atoms with van der Waals surface area (Å²) in [5.41, 5.74) is 4.88. The van der Waals surface area contributed by atoms with Crippen LogP contribution in [0.2, 0.25) is 0 Å². The molecule has 0 spiro atoms. The van der Waals surface area contributed by atoms with Crippen LogP contribution in [0.15, 0.2) is 96.9 Å². The van der Waals surface area contributed by atoms with Gasteiger partial charge in [0.25, 0.3) is 0 Å². The van der Waals surface area contributed by atoms with E-state index in [1.54, 1.807) is 0 Å². The third kappa shape index (κ3) is 2.22. The summed E-state index contributed by atoms with van der Waals surface area (Å²) in [4.78, 5) is 9.26. The van der Waals surface area contributed by atoms with Gasteiger partial charge in [0.15, 0.2) is 0 Å². The molecule has 0 bridgehead atoms. The second-order valence-corrected chi connectivity index (χ2v) is 6.92. The first-order valence-electron chi connectivity index (χ1n) is 9.09. The van der Waals surface area contributed by atoms with Gasteiger partial charge >= 0.3 is 0 Å². The molecular formula is C22H22N4. The zero-order chi connectivity index (χ0) is 17.7. The predicted molar refractivity (Wildman–Crippen MR) is 107 cm³/mol. The summed E-state index contributed by atoms with van der Waals surface area (Å²) in [6, 6.07) is 8.79. The highest BCUT2D eigenvalue weighted by Crippen LogP contribution is 2.36. The van der Waals surface area contributed by atoms with Gasteiger partial charge in [0.2, 0.25) is 0 Å². The van der Waals surface area contributed by atoms with E-state index in [9.17, 15) is 0 Å². The average molecular weight is 342 g/mol. The van der Waals surface area contributed by atoms with Crippen molar-refractivity contribution in [2.24, 2.45) is 0 Å². The number of hydrogen-bond donors (Lipinski definition) is 0. The summed E-state index contributed by atoms with van der Waals surface area (Å²) in [6.07, 6.45) is 21.9. The van der Waals surface area contributed by atoms with Gasteiger partial charge < -0.3 is 19.6 Å². The minimum absolute atomic E-state index is 0.271. The van der Waals surface area contributed by atoms with Gasteiger partial charge in [0.05, 0.1) is 11.4 Å². The summed E-state index contributed by atoms with van der Waals surface area (Å²) in [5, 5.41) is 0. The molecule has 4 nitrogen and oxygen atoms in total. The lowest BCUT2D eigenvalue weighted by molar-refractivity contribution is 0.402. The Morgan fingerprint density at radius 3 is 1.62 bits per heavy atom. The summed E-state index contributed by atoms with van der Waals surface area (Å²) >= 11 is 0. The predicted octanol–water partition coefficient (Wildman–Crippen LogP) is 4.47. The zero-order valence-corrected chi connectivity index (χ0v) is 15.0. The van der Waals surface area contributed by atoms with Crippen molar-refractivity contribution in [3.05, 3.63) is 96.9 Å². The van der Waals surface area contributed by atoms with Crippen molar-refractivity contribution < 1.29 is 0 Å². The maximum atomic E-state index is 2.33. The molecule has 1 aromatic rings. The Kier molecular flexibility index (Phi) is 3.32. The van der Waals surface area contributed by atoms with Crippen LogP contribution in [0, 0.1) is 0 Å². The van der Waals surface area contributed by atoms with Gasteiger partial charge in [-0.15, -0.1) is 0 Å². The SMILES string of the molecule is C[C@@H]1N2C=CC=CC2=CN1c1cccc(N2C=C3C=CC=CN3[C@@H]2C)c1. The summed E-state index contributed by atoms with van der Waals surface area (Å²) in [5.74, 6) is 0. The quantitative estimate of drug-likeness (QED) is 0.786. The number of rotatable bonds is 2. The summed E-state index contributed by atoms with van der Waals surface area (Å²) < 4.78 is 0. The van der Waals surface area contributed by atoms with E-state index in [4.69, 9.17) is 0 Å². The molecule has 0 fully saturated rings. The summed E-state index contributed by atoms with van der Waals surface area (Å²) in [6.45, 7) is 4.46. The second-order valence-electron chi connectivity index (χ2n) is 6.92. The van der Waals surface area contributed by atoms with Gasteiger partial charge in [-0.2, -0.15) is 0 Å². The number of benzene rings is 1. The highest BCUT2D eigenvalue weighted by Gasteiger charge is 2.30. The van der Waals surface area contributed by atoms with E-state index in [1.165, 1.54) is 22.8 Å². The normalized spacial score (nSPS) is 25.6. The second kappa shape index (κ2) is 5.70. The Bertz CT molecular complexity index is 847. The van der Waals surface area contributed by atoms with Crippen molar-refractivity contribution in [2.75, 3.05) is 9.80 Å². The lowest BCUT2D eigenvalue weighted by Gasteiger charge is -2.31. The van der Waals surface area contributed by atoms with E-state index in [1.807, 2.05) is 0 Å². The van der Waals surface area contributed by atoms with E-state index in [0.29, 0.717) is 0 Å². The third-order valence-corrected chi connectivity index (χ3v) is 5.42. The smallest absolute Gasteiger partial charge is 0.107 e. The van der Waals surface area contributed by atoms with E-state index < -0.39 is 0 Å². The van der Waals surface area contributed by atoms with E-state index in [0.717, 1.165) is 0 Å². The lowest BCUT2D eigenvalue weighted by Crippen LogP contribution is -2.35. The molecule has 26 heavy (non-hydrogen) atoms. The first kappa shape index (κ1) is 15.1. The van der Waals surface area contributed by atoms with E-state index >= 15 is 0 Å². The largest absolute Gasteiger partial charge is 0.326 e. The maximum Gasteiger partial charge on any atom is 0.107 e. The molecule has 0 saturated carbocycles. The standard InChI is InChI=1S/C22H22N4/c1-17-23-12-5-3-8-21(23)15-25(17)19-10-7-11-20(14-19)26-16-22-9-4-6-13-24(22)18(26)2/h3-18H,1-2H3/t17-,18+. The van der Waals surface area contributed by atoms with Crippen LogP contribution in [-0.4, -0.2) is 22.1 Å². The molecule has 0 saturated heterocycles. The maximum absolute atomic E-state index is 2.33. The molecule has 4 aliphatic rings. The Morgan fingerprint density at radius 1 is 0.654 bits per heavy atom. The van der Waals surface area contributed by atoms with Crippen LogP contribution in [0.25, 0.3) is 0 Å². The summed E-state index contributed by atoms with van der Waals surface area (Å²) in [7, 11) is 0. The fourth-order valence-electron chi connectivity index (χ4n) is 4.00. The Hall–Kier alpha value is -3.14. The molecule has 0 radical (unpaired) electrons. The van der Waals surface area contributed by atoms with E-state index in [-0.39, 0.29) is 12.3 Å². The molecular weight excluding hydrogens is 320 g/mol. The first-order valence-corrected chi connectivity index (χ1v) is 9.09. The van der Waals surface area contributed by atoms with Crippen LogP contribution in [0.1, 0.15) is 13.8 Å². The van der Waals surface area contributed by atoms with Crippen LogP contribution in [0.4, 0.5) is 11.4 Å². The molecule has 0 aliphatic carbocycles. The minimum Gasteiger partial charge on any atom is -0.326 e. The minimum atomic E-state index is 0.271. The molecule has 0 amide bonds. The number of hydrogen-bond acceptors (Lipinski definition) is 4. The van der Waals surface area contributed by atoms with Crippen LogP contribution in [0.3, 0.4) is 0 Å². The van der Waals surface area contributed by atoms with Crippen LogP contribution in [-0.2, 0) is 0 Å². The van der Waals surface area contributed by atoms with Gasteiger partial charge in [-0.05, 0) is 56.4 Å². The molecule has 0 N–H and O–H groups in total. The molecule has 5 rings (SSSR count). The lowest BCUT2D eigenvalue weighted by atomic mass is 10.2. The third-order valence-electron chi connectivity index (χ3n) is 5.42. The van der Waals surface area contributed by atoms with Crippen molar-refractivity contribution in [1.29, 1.82) is 0 Å². The first-order chi connectivity index (χ1) is 12.7. The number of nitrogens with zero attached hydrogens (tertiary/aromatic N) is 4. The highest BCUT2D eigenvalue weighted by atomic mass is 15.4. The van der Waals surface area contributed by atoms with Crippen molar-refractivity contribution in [3.8, 4) is 0 Å². The average Bonchev–Trinajstić information content (AvgIpc) is 3.20. The van der Waals surface area contributed by atoms with Gasteiger partial charge in [0.1, 0.15) is 12.3 Å². The highest BCUT2D eigenvalue weighted by molar-refractivity contribution is 5.65. The van der Waals surface area contributed by atoms with Crippen molar-refractivity contribution in [1.82, 2.24) is 9.80 Å². The monoisotopic (exact) mass is 342 g/mol. The molecule has 4 aliphatic heterocycles. The van der Waals surface area contributed by atoms with Gasteiger partial charge in [-0.25, -0.2) is 0 Å². The van der Waals surface area contributed by atoms with Gasteiger partial charge in [-0.1, -0.05) is 18.2 Å². The zero-order valence-electron chi connectivity index (χ0n) is 15.0. The van der Waals surface area contributed by atoms with Gasteiger partial charge in [-0.3, -0.25) is 0 Å². The number of fused-ring (bicyclic) bond motifs is 2.